The first-order chi connectivity index (χ1) is 9.27. The molecule has 0 amide bonds. The number of Topliss-reactive ketones (excluding diaryl/α,β-unsaturated/α-hetero) is 1. The van der Waals surface area contributed by atoms with Gasteiger partial charge in [0.05, 0.1) is 11.7 Å². The van der Waals surface area contributed by atoms with Crippen LogP contribution >= 0.6 is 0 Å². The van der Waals surface area contributed by atoms with Gasteiger partial charge in [0.25, 0.3) is 0 Å². The van der Waals surface area contributed by atoms with Gasteiger partial charge in [-0.1, -0.05) is 48.5 Å². The van der Waals surface area contributed by atoms with Gasteiger partial charge >= 0.3 is 0 Å². The van der Waals surface area contributed by atoms with Gasteiger partial charge in [0.1, 0.15) is 6.04 Å². The number of ketones is 1. The number of aromatic nitrogens is 2. The number of fused-ring (bicyclic) bond motifs is 1. The van der Waals surface area contributed by atoms with E-state index in [1.807, 2.05) is 61.5 Å². The van der Waals surface area contributed by atoms with Gasteiger partial charge in [0.15, 0.2) is 5.78 Å². The largest absolute Gasteiger partial charge is 0.292 e. The maximum atomic E-state index is 12.4. The molecule has 2 aromatic carbocycles. The highest BCUT2D eigenvalue weighted by molar-refractivity contribution is 5.99. The number of nitrogens with zero attached hydrogens (tertiary/aromatic N) is 2. The van der Waals surface area contributed by atoms with Crippen LogP contribution in [0.25, 0.3) is 10.9 Å². The van der Waals surface area contributed by atoms with Crippen molar-refractivity contribution in [2.24, 2.45) is 0 Å². The summed E-state index contributed by atoms with van der Waals surface area (Å²) in [6.45, 7) is 1.88. The molecule has 0 saturated heterocycles. The predicted octanol–water partition coefficient (Wildman–Crippen LogP) is 3.48. The third-order valence-electron chi connectivity index (χ3n) is 3.31. The lowest BCUT2D eigenvalue weighted by Crippen LogP contribution is -2.17. The minimum atomic E-state index is -0.303. The van der Waals surface area contributed by atoms with Crippen molar-refractivity contribution in [1.82, 2.24) is 9.78 Å². The molecule has 3 nitrogen and oxygen atoms in total. The number of hydrogen-bond donors (Lipinski definition) is 0. The van der Waals surface area contributed by atoms with E-state index in [1.54, 1.807) is 10.9 Å². The van der Waals surface area contributed by atoms with E-state index in [9.17, 15) is 4.79 Å². The lowest BCUT2D eigenvalue weighted by molar-refractivity contribution is 0.0930. The first-order valence-corrected chi connectivity index (χ1v) is 6.29. The summed E-state index contributed by atoms with van der Waals surface area (Å²) < 4.78 is 1.78. The Morgan fingerprint density at radius 1 is 1.05 bits per heavy atom. The normalized spacial score (nSPS) is 12.5. The van der Waals surface area contributed by atoms with Crippen molar-refractivity contribution >= 4 is 16.7 Å². The Morgan fingerprint density at radius 2 is 1.74 bits per heavy atom. The quantitative estimate of drug-likeness (QED) is 0.667. The fourth-order valence-corrected chi connectivity index (χ4v) is 2.26. The van der Waals surface area contributed by atoms with Gasteiger partial charge in [-0.3, -0.25) is 9.48 Å². The van der Waals surface area contributed by atoms with E-state index in [0.29, 0.717) is 0 Å². The Balaban J connectivity index is 2.00. The monoisotopic (exact) mass is 250 g/mol. The van der Waals surface area contributed by atoms with Crippen LogP contribution in [0.3, 0.4) is 0 Å². The average molecular weight is 250 g/mol. The minimum absolute atomic E-state index is 0.0782. The van der Waals surface area contributed by atoms with E-state index in [2.05, 4.69) is 5.10 Å². The zero-order valence-electron chi connectivity index (χ0n) is 10.7. The Morgan fingerprint density at radius 3 is 2.53 bits per heavy atom. The summed E-state index contributed by atoms with van der Waals surface area (Å²) >= 11 is 0. The van der Waals surface area contributed by atoms with Gasteiger partial charge in [0.2, 0.25) is 0 Å². The van der Waals surface area contributed by atoms with E-state index in [4.69, 9.17) is 0 Å². The van der Waals surface area contributed by atoms with Crippen LogP contribution in [-0.4, -0.2) is 15.6 Å². The summed E-state index contributed by atoms with van der Waals surface area (Å²) in [5.41, 5.74) is 1.70. The Labute approximate surface area is 111 Å². The predicted molar refractivity (Wildman–Crippen MR) is 75.2 cm³/mol. The van der Waals surface area contributed by atoms with Crippen molar-refractivity contribution in [2.75, 3.05) is 0 Å². The average Bonchev–Trinajstić information content (AvgIpc) is 2.90. The molecular formula is C16H14N2O. The molecule has 0 radical (unpaired) electrons. The number of rotatable bonds is 3. The second kappa shape index (κ2) is 4.69. The third-order valence-corrected chi connectivity index (χ3v) is 3.31. The van der Waals surface area contributed by atoms with Crippen molar-refractivity contribution in [3.8, 4) is 0 Å². The van der Waals surface area contributed by atoms with Crippen LogP contribution in [-0.2, 0) is 0 Å². The van der Waals surface area contributed by atoms with E-state index >= 15 is 0 Å². The molecule has 1 aromatic heterocycles. The minimum Gasteiger partial charge on any atom is -0.292 e. The van der Waals surface area contributed by atoms with Gasteiger partial charge < -0.3 is 0 Å². The molecule has 0 aliphatic rings. The Hall–Kier alpha value is -2.42. The van der Waals surface area contributed by atoms with Gasteiger partial charge in [0, 0.05) is 10.9 Å². The zero-order valence-corrected chi connectivity index (χ0v) is 10.7. The topological polar surface area (TPSA) is 34.9 Å². The summed E-state index contributed by atoms with van der Waals surface area (Å²) in [5.74, 6) is 0.0782. The molecule has 1 heterocycles. The van der Waals surface area contributed by atoms with E-state index in [1.165, 1.54) is 0 Å². The van der Waals surface area contributed by atoms with Crippen molar-refractivity contribution in [1.29, 1.82) is 0 Å². The summed E-state index contributed by atoms with van der Waals surface area (Å²) in [5, 5.41) is 5.39. The maximum absolute atomic E-state index is 12.4. The van der Waals surface area contributed by atoms with Crippen molar-refractivity contribution in [2.45, 2.75) is 13.0 Å². The fraction of sp³-hybridized carbons (Fsp3) is 0.125. The first kappa shape index (κ1) is 11.7. The molecule has 19 heavy (non-hydrogen) atoms. The van der Waals surface area contributed by atoms with Gasteiger partial charge in [-0.25, -0.2) is 0 Å². The smallest absolute Gasteiger partial charge is 0.187 e. The van der Waals surface area contributed by atoms with Gasteiger partial charge in [-0.15, -0.1) is 0 Å². The van der Waals surface area contributed by atoms with Crippen LogP contribution < -0.4 is 0 Å². The number of benzene rings is 2. The first-order valence-electron chi connectivity index (χ1n) is 6.29. The highest BCUT2D eigenvalue weighted by atomic mass is 16.1. The van der Waals surface area contributed by atoms with Crippen LogP contribution in [0, 0.1) is 0 Å². The van der Waals surface area contributed by atoms with Crippen molar-refractivity contribution < 1.29 is 4.79 Å². The molecule has 0 spiro atoms. The summed E-state index contributed by atoms with van der Waals surface area (Å²) in [6, 6.07) is 16.9. The van der Waals surface area contributed by atoms with Crippen molar-refractivity contribution in [3.05, 3.63) is 66.4 Å². The lowest BCUT2D eigenvalue weighted by Gasteiger charge is -2.12. The zero-order chi connectivity index (χ0) is 13.2. The SMILES string of the molecule is CC(C(=O)c1ccccc1)n1ncc2ccccc21. The molecule has 3 rings (SSSR count). The van der Waals surface area contributed by atoms with Gasteiger partial charge in [-0.05, 0) is 13.0 Å². The summed E-state index contributed by atoms with van der Waals surface area (Å²) in [7, 11) is 0. The van der Waals surface area contributed by atoms with Crippen LogP contribution in [0.4, 0.5) is 0 Å². The number of hydrogen-bond acceptors (Lipinski definition) is 2. The van der Waals surface area contributed by atoms with E-state index < -0.39 is 0 Å². The van der Waals surface area contributed by atoms with Crippen LogP contribution in [0.2, 0.25) is 0 Å². The Bertz CT molecular complexity index is 716. The molecular weight excluding hydrogens is 236 g/mol. The van der Waals surface area contributed by atoms with Crippen LogP contribution in [0.15, 0.2) is 60.8 Å². The van der Waals surface area contributed by atoms with E-state index in [0.717, 1.165) is 16.5 Å². The number of carbonyl (C=O) groups excluding carboxylic acids is 1. The lowest BCUT2D eigenvalue weighted by atomic mass is 10.1. The molecule has 3 heteroatoms. The number of carbonyl (C=O) groups is 1. The summed E-state index contributed by atoms with van der Waals surface area (Å²) in [4.78, 5) is 12.4. The highest BCUT2D eigenvalue weighted by Gasteiger charge is 2.18. The third kappa shape index (κ3) is 2.03. The van der Waals surface area contributed by atoms with E-state index in [-0.39, 0.29) is 11.8 Å². The second-order valence-corrected chi connectivity index (χ2v) is 4.55. The molecule has 1 atom stereocenters. The molecule has 0 bridgehead atoms. The maximum Gasteiger partial charge on any atom is 0.187 e. The molecule has 0 fully saturated rings. The molecule has 0 aliphatic carbocycles. The molecule has 0 saturated carbocycles. The fourth-order valence-electron chi connectivity index (χ4n) is 2.26. The summed E-state index contributed by atoms with van der Waals surface area (Å²) in [6.07, 6.45) is 1.80. The Kier molecular flexibility index (Phi) is 2.88. The standard InChI is InChI=1S/C16H14N2O/c1-12(16(19)13-7-3-2-4-8-13)18-15-10-6-5-9-14(15)11-17-18/h2-12H,1H3. The molecule has 0 N–H and O–H groups in total. The molecule has 1 unspecified atom stereocenters. The molecule has 3 aromatic rings. The van der Waals surface area contributed by atoms with Crippen LogP contribution in [0.1, 0.15) is 23.3 Å². The molecule has 0 aliphatic heterocycles. The second-order valence-electron chi connectivity index (χ2n) is 4.55. The highest BCUT2D eigenvalue weighted by Crippen LogP contribution is 2.20. The van der Waals surface area contributed by atoms with Crippen molar-refractivity contribution in [3.63, 3.8) is 0 Å². The molecule has 94 valence electrons. The number of para-hydroxylation sites is 1. The van der Waals surface area contributed by atoms with Crippen LogP contribution in [0.5, 0.6) is 0 Å². The van der Waals surface area contributed by atoms with Gasteiger partial charge in [-0.2, -0.15) is 5.10 Å².